The molecule has 210 valence electrons. The third-order valence-corrected chi connectivity index (χ3v) is 6.25. The molecule has 1 fully saturated rings. The highest BCUT2D eigenvalue weighted by atomic mass is 19.4. The van der Waals surface area contributed by atoms with E-state index in [1.807, 2.05) is 13.8 Å². The number of halogens is 3. The predicted octanol–water partition coefficient (Wildman–Crippen LogP) is 3.46. The quantitative estimate of drug-likeness (QED) is 0.557. The van der Waals surface area contributed by atoms with Gasteiger partial charge in [-0.05, 0) is 45.2 Å². The number of rotatable bonds is 6. The van der Waals surface area contributed by atoms with Gasteiger partial charge in [-0.1, -0.05) is 32.9 Å². The first-order chi connectivity index (χ1) is 17.4. The van der Waals surface area contributed by atoms with Gasteiger partial charge in [-0.25, -0.2) is 9.78 Å². The lowest BCUT2D eigenvalue weighted by atomic mass is 9.79. The maximum Gasteiger partial charge on any atom is 0.410 e. The second-order valence-corrected chi connectivity index (χ2v) is 11.5. The Hall–Kier alpha value is -3.31. The first kappa shape index (κ1) is 29.2. The van der Waals surface area contributed by atoms with E-state index in [1.165, 1.54) is 28.9 Å². The molecule has 38 heavy (non-hydrogen) atoms. The second kappa shape index (κ2) is 10.5. The fourth-order valence-electron chi connectivity index (χ4n) is 4.71. The van der Waals surface area contributed by atoms with Crippen molar-refractivity contribution in [3.63, 3.8) is 0 Å². The first-order valence-corrected chi connectivity index (χ1v) is 12.4. The Bertz CT molecular complexity index is 1200. The fourth-order valence-corrected chi connectivity index (χ4v) is 4.71. The Balaban J connectivity index is 2.07. The van der Waals surface area contributed by atoms with Gasteiger partial charge in [0, 0.05) is 31.0 Å². The molecular weight excluding hydrogens is 505 g/mol. The van der Waals surface area contributed by atoms with Crippen LogP contribution in [-0.4, -0.2) is 74.8 Å². The summed E-state index contributed by atoms with van der Waals surface area (Å²) < 4.78 is 46.8. The van der Waals surface area contributed by atoms with E-state index in [2.05, 4.69) is 4.98 Å². The van der Waals surface area contributed by atoms with E-state index in [4.69, 9.17) is 4.74 Å². The molecule has 1 aliphatic rings. The molecule has 12 heteroatoms. The molecule has 0 bridgehead atoms. The van der Waals surface area contributed by atoms with Gasteiger partial charge in [-0.3, -0.25) is 4.79 Å². The van der Waals surface area contributed by atoms with Gasteiger partial charge in [0.25, 0.3) is 5.91 Å². The van der Waals surface area contributed by atoms with Crippen LogP contribution in [0, 0.1) is 11.3 Å². The summed E-state index contributed by atoms with van der Waals surface area (Å²) in [5.74, 6) is -2.72. The SMILES string of the molecule is CC(C)CN(C(=O)c1nc2ccccc2n1CC(F)(F)F)[C@@H]1CN(C(=O)OC(C)(C)C)C[C@](C)(C(=O)[O-])C1. The van der Waals surface area contributed by atoms with E-state index in [0.717, 1.165) is 4.57 Å². The van der Waals surface area contributed by atoms with Crippen molar-refractivity contribution in [1.82, 2.24) is 19.4 Å². The second-order valence-electron chi connectivity index (χ2n) is 11.5. The number of carbonyl (C=O) groups excluding carboxylic acids is 3. The van der Waals surface area contributed by atoms with Crippen molar-refractivity contribution in [3.05, 3.63) is 30.1 Å². The minimum absolute atomic E-state index is 0.0598. The van der Waals surface area contributed by atoms with Crippen LogP contribution in [0.15, 0.2) is 24.3 Å². The van der Waals surface area contributed by atoms with Crippen LogP contribution < -0.4 is 5.11 Å². The zero-order valence-electron chi connectivity index (χ0n) is 22.5. The number of piperidine rings is 1. The number of fused-ring (bicyclic) bond motifs is 1. The molecule has 2 aromatic rings. The van der Waals surface area contributed by atoms with Gasteiger partial charge in [0.15, 0.2) is 0 Å². The molecule has 1 saturated heterocycles. The first-order valence-electron chi connectivity index (χ1n) is 12.4. The number of carboxylic acid groups (broad SMARTS) is 1. The van der Waals surface area contributed by atoms with Crippen molar-refractivity contribution in [2.75, 3.05) is 19.6 Å². The van der Waals surface area contributed by atoms with Crippen molar-refractivity contribution in [2.45, 2.75) is 72.3 Å². The molecule has 2 atom stereocenters. The Morgan fingerprint density at radius 2 is 1.84 bits per heavy atom. The average molecular weight is 540 g/mol. The van der Waals surface area contributed by atoms with E-state index >= 15 is 0 Å². The highest BCUT2D eigenvalue weighted by Gasteiger charge is 2.44. The Morgan fingerprint density at radius 3 is 2.39 bits per heavy atom. The van der Waals surface area contributed by atoms with Crippen LogP contribution in [-0.2, 0) is 16.1 Å². The summed E-state index contributed by atoms with van der Waals surface area (Å²) in [6, 6.07) is 5.30. The maximum absolute atomic E-state index is 13.9. The maximum atomic E-state index is 13.9. The standard InChI is InChI=1S/C26H35F3N4O5/c1-16(2)12-32(17-11-25(6,22(35)36)14-31(13-17)23(37)38-24(3,4)5)21(34)20-30-18-9-7-8-10-19(18)33(20)15-26(27,28)29/h7-10,16-17H,11-15H2,1-6H3,(H,35,36)/p-1/t17-,25+/m0/s1. The number of imidazole rings is 1. The third kappa shape index (κ3) is 6.76. The Morgan fingerprint density at radius 1 is 1.21 bits per heavy atom. The normalized spacial score (nSPS) is 20.6. The van der Waals surface area contributed by atoms with Crippen LogP contribution in [0.4, 0.5) is 18.0 Å². The lowest BCUT2D eigenvalue weighted by Gasteiger charge is -2.48. The molecule has 9 nitrogen and oxygen atoms in total. The molecule has 1 aliphatic heterocycles. The number of hydrogen-bond donors (Lipinski definition) is 0. The molecule has 1 aromatic heterocycles. The van der Waals surface area contributed by atoms with Gasteiger partial charge >= 0.3 is 12.3 Å². The number of ether oxygens (including phenoxy) is 1. The molecule has 0 radical (unpaired) electrons. The molecule has 1 aromatic carbocycles. The molecule has 2 heterocycles. The summed E-state index contributed by atoms with van der Waals surface area (Å²) in [5, 5.41) is 12.2. The molecule has 0 spiro atoms. The number of aromatic nitrogens is 2. The minimum atomic E-state index is -4.62. The largest absolute Gasteiger partial charge is 0.549 e. The third-order valence-electron chi connectivity index (χ3n) is 6.25. The van der Waals surface area contributed by atoms with Crippen LogP contribution in [0.2, 0.25) is 0 Å². The number of likely N-dealkylation sites (tertiary alicyclic amines) is 1. The molecule has 0 aliphatic carbocycles. The van der Waals surface area contributed by atoms with Gasteiger partial charge in [0.1, 0.15) is 12.1 Å². The lowest BCUT2D eigenvalue weighted by molar-refractivity contribution is -0.320. The van der Waals surface area contributed by atoms with E-state index in [-0.39, 0.29) is 43.0 Å². The number of carboxylic acids is 1. The van der Waals surface area contributed by atoms with Crippen molar-refractivity contribution in [3.8, 4) is 0 Å². The van der Waals surface area contributed by atoms with E-state index in [9.17, 15) is 32.7 Å². The topological polar surface area (TPSA) is 108 Å². The van der Waals surface area contributed by atoms with Crippen molar-refractivity contribution in [1.29, 1.82) is 0 Å². The summed E-state index contributed by atoms with van der Waals surface area (Å²) in [5.41, 5.74) is -2.00. The van der Waals surface area contributed by atoms with Gasteiger partial charge in [-0.2, -0.15) is 13.2 Å². The van der Waals surface area contributed by atoms with Crippen LogP contribution in [0.25, 0.3) is 11.0 Å². The van der Waals surface area contributed by atoms with Crippen molar-refractivity contribution in [2.24, 2.45) is 11.3 Å². The number of hydrogen-bond acceptors (Lipinski definition) is 6. The molecule has 0 saturated carbocycles. The predicted molar refractivity (Wildman–Crippen MR) is 131 cm³/mol. The van der Waals surface area contributed by atoms with Crippen LogP contribution in [0.3, 0.4) is 0 Å². The summed E-state index contributed by atoms with van der Waals surface area (Å²) >= 11 is 0. The summed E-state index contributed by atoms with van der Waals surface area (Å²) in [6.07, 6.45) is -5.43. The summed E-state index contributed by atoms with van der Waals surface area (Å²) in [6.45, 7) is 8.50. The zero-order valence-corrected chi connectivity index (χ0v) is 22.5. The smallest absolute Gasteiger partial charge is 0.410 e. The molecule has 0 unspecified atom stereocenters. The van der Waals surface area contributed by atoms with Crippen LogP contribution >= 0.6 is 0 Å². The number of para-hydroxylation sites is 2. The number of benzene rings is 1. The highest BCUT2D eigenvalue weighted by molar-refractivity contribution is 5.95. The highest BCUT2D eigenvalue weighted by Crippen LogP contribution is 2.34. The van der Waals surface area contributed by atoms with Gasteiger partial charge in [-0.15, -0.1) is 0 Å². The summed E-state index contributed by atoms with van der Waals surface area (Å²) in [4.78, 5) is 45.8. The average Bonchev–Trinajstić information content (AvgIpc) is 3.12. The number of aliphatic carboxylic acids is 1. The molecular formula is C26H34F3N4O5-. The molecule has 0 N–H and O–H groups in total. The van der Waals surface area contributed by atoms with Crippen LogP contribution in [0.1, 0.15) is 58.6 Å². The van der Waals surface area contributed by atoms with Gasteiger partial charge < -0.3 is 29.0 Å². The molecule has 3 rings (SSSR count). The van der Waals surface area contributed by atoms with Crippen molar-refractivity contribution < 1.29 is 37.4 Å². The van der Waals surface area contributed by atoms with Crippen molar-refractivity contribution >= 4 is 29.0 Å². The number of alkyl halides is 3. The van der Waals surface area contributed by atoms with E-state index in [1.54, 1.807) is 32.9 Å². The Labute approximate surface area is 219 Å². The lowest BCUT2D eigenvalue weighted by Crippen LogP contribution is -2.62. The van der Waals surface area contributed by atoms with E-state index < -0.39 is 53.6 Å². The van der Waals surface area contributed by atoms with Crippen LogP contribution in [0.5, 0.6) is 0 Å². The number of amides is 2. The number of nitrogens with zero attached hydrogens (tertiary/aromatic N) is 4. The van der Waals surface area contributed by atoms with Gasteiger partial charge in [0.05, 0.1) is 17.1 Å². The minimum Gasteiger partial charge on any atom is -0.549 e. The summed E-state index contributed by atoms with van der Waals surface area (Å²) in [7, 11) is 0. The molecule has 2 amide bonds. The van der Waals surface area contributed by atoms with Gasteiger partial charge in [0.2, 0.25) is 5.82 Å². The number of carbonyl (C=O) groups is 3. The van der Waals surface area contributed by atoms with E-state index in [0.29, 0.717) is 0 Å². The fraction of sp³-hybridized carbons (Fsp3) is 0.615. The monoisotopic (exact) mass is 539 g/mol. The Kier molecular flexibility index (Phi) is 8.05. The zero-order chi connectivity index (χ0) is 28.6.